The maximum atomic E-state index is 8.76. The highest BCUT2D eigenvalue weighted by Crippen LogP contribution is 2.33. The van der Waals surface area contributed by atoms with E-state index < -0.39 is 0 Å². The van der Waals surface area contributed by atoms with Gasteiger partial charge in [-0.05, 0) is 46.3 Å². The van der Waals surface area contributed by atoms with Crippen LogP contribution in [0.15, 0.2) is 5.16 Å². The summed E-state index contributed by atoms with van der Waals surface area (Å²) < 4.78 is 0. The summed E-state index contributed by atoms with van der Waals surface area (Å²) >= 11 is 0. The fraction of sp³-hybridized carbons (Fsp3) is 0.938. The molecule has 0 saturated heterocycles. The smallest absolute Gasteiger partial charge is 0.144 e. The summed E-state index contributed by atoms with van der Waals surface area (Å²) in [5.74, 6) is 0.327. The Bertz CT molecular complexity index is 333. The molecule has 0 aromatic rings. The van der Waals surface area contributed by atoms with Crippen LogP contribution in [0, 0.1) is 5.41 Å². The van der Waals surface area contributed by atoms with Gasteiger partial charge in [0.05, 0.1) is 0 Å². The van der Waals surface area contributed by atoms with Gasteiger partial charge in [-0.15, -0.1) is 0 Å². The van der Waals surface area contributed by atoms with Crippen LogP contribution < -0.4 is 11.1 Å². The topological polar surface area (TPSA) is 73.9 Å². The standard InChI is InChI=1S/C16H34N4O/c1-15(2,14(17)19-21)9-7-8-12-18-13-16(20(3)4)10-5-6-11-16/h18,21H,5-13H2,1-4H3,(H2,17,19). The number of hydrogen-bond acceptors (Lipinski definition) is 4. The van der Waals surface area contributed by atoms with Gasteiger partial charge in [0.2, 0.25) is 0 Å². The second kappa shape index (κ2) is 7.99. The largest absolute Gasteiger partial charge is 0.409 e. The fourth-order valence-corrected chi connectivity index (χ4v) is 3.22. The average molecular weight is 298 g/mol. The van der Waals surface area contributed by atoms with Crippen LogP contribution in [0.2, 0.25) is 0 Å². The molecule has 1 saturated carbocycles. The number of nitrogens with two attached hydrogens (primary N) is 1. The molecule has 0 spiro atoms. The van der Waals surface area contributed by atoms with Crippen LogP contribution in [-0.4, -0.2) is 48.7 Å². The summed E-state index contributed by atoms with van der Waals surface area (Å²) in [4.78, 5) is 2.40. The molecule has 0 aromatic carbocycles. The van der Waals surface area contributed by atoms with E-state index in [0.717, 1.165) is 32.4 Å². The molecule has 1 rings (SSSR count). The minimum atomic E-state index is -0.217. The predicted molar refractivity (Wildman–Crippen MR) is 88.8 cm³/mol. The number of rotatable bonds is 9. The van der Waals surface area contributed by atoms with Crippen LogP contribution in [0.4, 0.5) is 0 Å². The average Bonchev–Trinajstić information content (AvgIpc) is 2.91. The summed E-state index contributed by atoms with van der Waals surface area (Å²) in [6, 6.07) is 0. The molecule has 1 fully saturated rings. The molecule has 0 atom stereocenters. The van der Waals surface area contributed by atoms with E-state index in [2.05, 4.69) is 29.5 Å². The molecular weight excluding hydrogens is 264 g/mol. The van der Waals surface area contributed by atoms with Gasteiger partial charge in [0, 0.05) is 17.5 Å². The van der Waals surface area contributed by atoms with Crippen molar-refractivity contribution in [1.82, 2.24) is 10.2 Å². The van der Waals surface area contributed by atoms with Gasteiger partial charge in [0.25, 0.3) is 0 Å². The second-order valence-corrected chi connectivity index (χ2v) is 7.33. The summed E-state index contributed by atoms with van der Waals surface area (Å²) in [7, 11) is 4.40. The SMILES string of the molecule is CN(C)C1(CNCCCCC(C)(C)C(N)=NO)CCCC1. The summed E-state index contributed by atoms with van der Waals surface area (Å²) in [6.45, 7) is 6.18. The van der Waals surface area contributed by atoms with E-state index in [-0.39, 0.29) is 5.41 Å². The summed E-state index contributed by atoms with van der Waals surface area (Å²) in [5, 5.41) is 15.5. The molecule has 5 nitrogen and oxygen atoms in total. The van der Waals surface area contributed by atoms with Crippen LogP contribution in [0.25, 0.3) is 0 Å². The number of oxime groups is 1. The third-order valence-electron chi connectivity index (χ3n) is 5.14. The van der Waals surface area contributed by atoms with Crippen molar-refractivity contribution in [3.05, 3.63) is 0 Å². The summed E-state index contributed by atoms with van der Waals surface area (Å²) in [6.07, 6.45) is 8.49. The van der Waals surface area contributed by atoms with E-state index in [4.69, 9.17) is 10.9 Å². The first-order valence-corrected chi connectivity index (χ1v) is 8.20. The van der Waals surface area contributed by atoms with Crippen molar-refractivity contribution in [2.24, 2.45) is 16.3 Å². The Kier molecular flexibility index (Phi) is 6.94. The van der Waals surface area contributed by atoms with Gasteiger partial charge in [-0.2, -0.15) is 0 Å². The quantitative estimate of drug-likeness (QED) is 0.201. The summed E-state index contributed by atoms with van der Waals surface area (Å²) in [5.41, 5.74) is 5.85. The molecule has 21 heavy (non-hydrogen) atoms. The van der Waals surface area contributed by atoms with Gasteiger partial charge in [0.1, 0.15) is 5.84 Å². The van der Waals surface area contributed by atoms with Crippen molar-refractivity contribution >= 4 is 5.84 Å². The van der Waals surface area contributed by atoms with E-state index >= 15 is 0 Å². The molecule has 0 aliphatic heterocycles. The Labute approximate surface area is 130 Å². The molecule has 0 bridgehead atoms. The van der Waals surface area contributed by atoms with Crippen molar-refractivity contribution in [3.8, 4) is 0 Å². The minimum Gasteiger partial charge on any atom is -0.409 e. The van der Waals surface area contributed by atoms with Crippen molar-refractivity contribution in [2.75, 3.05) is 27.2 Å². The zero-order chi connectivity index (χ0) is 15.9. The molecule has 4 N–H and O–H groups in total. The molecule has 0 amide bonds. The lowest BCUT2D eigenvalue weighted by atomic mass is 9.86. The highest BCUT2D eigenvalue weighted by Gasteiger charge is 2.35. The Balaban J connectivity index is 2.20. The monoisotopic (exact) mass is 298 g/mol. The van der Waals surface area contributed by atoms with Crippen LogP contribution in [0.1, 0.15) is 58.8 Å². The van der Waals surface area contributed by atoms with E-state index in [1.165, 1.54) is 25.7 Å². The maximum absolute atomic E-state index is 8.76. The van der Waals surface area contributed by atoms with Gasteiger partial charge in [-0.3, -0.25) is 0 Å². The Morgan fingerprint density at radius 1 is 1.29 bits per heavy atom. The number of unbranched alkanes of at least 4 members (excludes halogenated alkanes) is 1. The van der Waals surface area contributed by atoms with Gasteiger partial charge in [-0.1, -0.05) is 38.3 Å². The Morgan fingerprint density at radius 3 is 2.43 bits per heavy atom. The minimum absolute atomic E-state index is 0.217. The number of nitrogens with one attached hydrogen (secondary N) is 1. The van der Waals surface area contributed by atoms with E-state index in [0.29, 0.717) is 11.4 Å². The zero-order valence-corrected chi connectivity index (χ0v) is 14.3. The van der Waals surface area contributed by atoms with Crippen molar-refractivity contribution in [3.63, 3.8) is 0 Å². The fourth-order valence-electron chi connectivity index (χ4n) is 3.22. The Hall–Kier alpha value is -0.810. The highest BCUT2D eigenvalue weighted by molar-refractivity contribution is 5.85. The van der Waals surface area contributed by atoms with Gasteiger partial charge in [-0.25, -0.2) is 0 Å². The van der Waals surface area contributed by atoms with Gasteiger partial charge < -0.3 is 21.2 Å². The molecule has 0 aromatic heterocycles. The normalized spacial score (nSPS) is 19.4. The second-order valence-electron chi connectivity index (χ2n) is 7.33. The first-order chi connectivity index (χ1) is 9.84. The molecule has 124 valence electrons. The number of likely N-dealkylation sites (N-methyl/N-ethyl adjacent to an activating group) is 1. The number of hydrogen-bond donors (Lipinski definition) is 3. The van der Waals surface area contributed by atoms with E-state index in [1.807, 2.05) is 13.8 Å². The van der Waals surface area contributed by atoms with Crippen LogP contribution in [0.5, 0.6) is 0 Å². The molecule has 1 aliphatic rings. The van der Waals surface area contributed by atoms with E-state index in [9.17, 15) is 0 Å². The van der Waals surface area contributed by atoms with Gasteiger partial charge >= 0.3 is 0 Å². The lowest BCUT2D eigenvalue weighted by molar-refractivity contribution is 0.154. The Morgan fingerprint density at radius 2 is 1.90 bits per heavy atom. The van der Waals surface area contributed by atoms with Crippen LogP contribution in [0.3, 0.4) is 0 Å². The number of nitrogens with zero attached hydrogens (tertiary/aromatic N) is 2. The van der Waals surface area contributed by atoms with Crippen LogP contribution in [-0.2, 0) is 0 Å². The van der Waals surface area contributed by atoms with E-state index in [1.54, 1.807) is 0 Å². The molecule has 0 radical (unpaired) electrons. The molecule has 0 heterocycles. The molecule has 5 heteroatoms. The van der Waals surface area contributed by atoms with Crippen LogP contribution >= 0.6 is 0 Å². The van der Waals surface area contributed by atoms with Crippen molar-refractivity contribution < 1.29 is 5.21 Å². The third kappa shape index (κ3) is 5.15. The first kappa shape index (κ1) is 18.2. The van der Waals surface area contributed by atoms with Crippen molar-refractivity contribution in [1.29, 1.82) is 0 Å². The lowest BCUT2D eigenvalue weighted by Crippen LogP contribution is -2.49. The molecule has 1 aliphatic carbocycles. The predicted octanol–water partition coefficient (Wildman–Crippen LogP) is 2.39. The lowest BCUT2D eigenvalue weighted by Gasteiger charge is -2.36. The molecule has 0 unspecified atom stereocenters. The zero-order valence-electron chi connectivity index (χ0n) is 14.3. The van der Waals surface area contributed by atoms with Gasteiger partial charge in [0.15, 0.2) is 0 Å². The molecular formula is C16H34N4O. The number of amidine groups is 1. The third-order valence-corrected chi connectivity index (χ3v) is 5.14. The highest BCUT2D eigenvalue weighted by atomic mass is 16.4. The van der Waals surface area contributed by atoms with Crippen molar-refractivity contribution in [2.45, 2.75) is 64.3 Å². The first-order valence-electron chi connectivity index (χ1n) is 8.20. The maximum Gasteiger partial charge on any atom is 0.144 e.